The van der Waals surface area contributed by atoms with Gasteiger partial charge in [-0.05, 0) is 53.5 Å². The third kappa shape index (κ3) is 1.88. The molecule has 1 aromatic carbocycles. The number of benzene rings is 1. The summed E-state index contributed by atoms with van der Waals surface area (Å²) in [7, 11) is 0. The number of fused-ring (bicyclic) bond motifs is 1. The van der Waals surface area contributed by atoms with Crippen LogP contribution in [0.1, 0.15) is 38.7 Å². The number of nitrogens with two attached hydrogens (primary N) is 1. The standard InChI is InChI=1S/C16H21NS/c1-11-6-8-16(17,10-12(11)2)14-5-3-4-13-7-9-18-15(13)14/h3-5,7,9,11-12H,6,8,10,17H2,1-2H3. The molecule has 0 radical (unpaired) electrons. The van der Waals surface area contributed by atoms with Crippen LogP contribution in [0.2, 0.25) is 0 Å². The first-order valence-corrected chi connectivity index (χ1v) is 7.74. The van der Waals surface area contributed by atoms with E-state index in [1.807, 2.05) is 11.3 Å². The molecule has 3 unspecified atom stereocenters. The fourth-order valence-corrected chi connectivity index (χ4v) is 4.30. The number of thiophene rings is 1. The summed E-state index contributed by atoms with van der Waals surface area (Å²) >= 11 is 1.83. The monoisotopic (exact) mass is 259 g/mol. The Morgan fingerprint density at radius 2 is 2.06 bits per heavy atom. The van der Waals surface area contributed by atoms with E-state index in [2.05, 4.69) is 43.5 Å². The SMILES string of the molecule is CC1CCC(N)(c2cccc3ccsc23)CC1C. The minimum Gasteiger partial charge on any atom is -0.321 e. The van der Waals surface area contributed by atoms with Crippen molar-refractivity contribution < 1.29 is 0 Å². The van der Waals surface area contributed by atoms with Crippen LogP contribution in [0, 0.1) is 11.8 Å². The Bertz CT molecular complexity index is 559. The minimum absolute atomic E-state index is 0.115. The molecule has 0 saturated heterocycles. The van der Waals surface area contributed by atoms with Crippen molar-refractivity contribution >= 4 is 21.4 Å². The van der Waals surface area contributed by atoms with E-state index in [-0.39, 0.29) is 5.54 Å². The van der Waals surface area contributed by atoms with Gasteiger partial charge in [0.2, 0.25) is 0 Å². The predicted octanol–water partition coefficient (Wildman–Crippen LogP) is 4.51. The summed E-state index contributed by atoms with van der Waals surface area (Å²) in [6, 6.07) is 8.78. The first kappa shape index (κ1) is 12.2. The normalized spacial score (nSPS) is 32.8. The molecule has 3 atom stereocenters. The lowest BCUT2D eigenvalue weighted by Crippen LogP contribution is -2.43. The van der Waals surface area contributed by atoms with Crippen molar-refractivity contribution in [1.82, 2.24) is 0 Å². The highest BCUT2D eigenvalue weighted by atomic mass is 32.1. The van der Waals surface area contributed by atoms with Gasteiger partial charge < -0.3 is 5.73 Å². The van der Waals surface area contributed by atoms with Gasteiger partial charge in [-0.2, -0.15) is 0 Å². The second-order valence-electron chi connectivity index (χ2n) is 6.00. The smallest absolute Gasteiger partial charge is 0.0426 e. The third-order valence-corrected chi connectivity index (χ3v) is 5.68. The van der Waals surface area contributed by atoms with Crippen LogP contribution in [0.3, 0.4) is 0 Å². The van der Waals surface area contributed by atoms with E-state index >= 15 is 0 Å². The highest BCUT2D eigenvalue weighted by Gasteiger charge is 2.36. The van der Waals surface area contributed by atoms with Gasteiger partial charge in [0, 0.05) is 10.2 Å². The molecular weight excluding hydrogens is 238 g/mol. The maximum atomic E-state index is 6.76. The zero-order valence-electron chi connectivity index (χ0n) is 11.1. The second kappa shape index (κ2) is 4.36. The van der Waals surface area contributed by atoms with E-state index in [0.29, 0.717) is 0 Å². The largest absolute Gasteiger partial charge is 0.321 e. The Kier molecular flexibility index (Phi) is 2.95. The molecule has 1 nitrogen and oxygen atoms in total. The van der Waals surface area contributed by atoms with Crippen LogP contribution < -0.4 is 5.73 Å². The van der Waals surface area contributed by atoms with Gasteiger partial charge >= 0.3 is 0 Å². The average Bonchev–Trinajstić information content (AvgIpc) is 2.82. The van der Waals surface area contributed by atoms with Crippen LogP contribution in [0.25, 0.3) is 10.1 Å². The lowest BCUT2D eigenvalue weighted by Gasteiger charge is -2.40. The summed E-state index contributed by atoms with van der Waals surface area (Å²) in [5, 5.41) is 3.51. The van der Waals surface area contributed by atoms with E-state index in [1.54, 1.807) is 0 Å². The maximum absolute atomic E-state index is 6.76. The van der Waals surface area contributed by atoms with Gasteiger partial charge in [0.15, 0.2) is 0 Å². The third-order valence-electron chi connectivity index (χ3n) is 4.72. The molecule has 1 aliphatic carbocycles. The van der Waals surface area contributed by atoms with Crippen LogP contribution in [0.4, 0.5) is 0 Å². The number of hydrogen-bond acceptors (Lipinski definition) is 2. The summed E-state index contributed by atoms with van der Waals surface area (Å²) in [5.74, 6) is 1.53. The zero-order valence-corrected chi connectivity index (χ0v) is 12.0. The topological polar surface area (TPSA) is 26.0 Å². The molecule has 1 aromatic heterocycles. The first-order valence-electron chi connectivity index (χ1n) is 6.86. The lowest BCUT2D eigenvalue weighted by atomic mass is 9.69. The molecular formula is C16H21NS. The van der Waals surface area contributed by atoms with E-state index in [1.165, 1.54) is 22.1 Å². The first-order chi connectivity index (χ1) is 8.60. The molecule has 0 amide bonds. The lowest BCUT2D eigenvalue weighted by molar-refractivity contribution is 0.178. The zero-order chi connectivity index (χ0) is 12.8. The molecule has 2 N–H and O–H groups in total. The molecule has 1 saturated carbocycles. The van der Waals surface area contributed by atoms with Crippen LogP contribution >= 0.6 is 11.3 Å². The van der Waals surface area contributed by atoms with Crippen LogP contribution in [-0.4, -0.2) is 0 Å². The summed E-state index contributed by atoms with van der Waals surface area (Å²) in [5.41, 5.74) is 8.02. The van der Waals surface area contributed by atoms with Crippen molar-refractivity contribution in [3.8, 4) is 0 Å². The summed E-state index contributed by atoms with van der Waals surface area (Å²) < 4.78 is 1.39. The van der Waals surface area contributed by atoms with Crippen molar-refractivity contribution in [2.75, 3.05) is 0 Å². The molecule has 18 heavy (non-hydrogen) atoms. The summed E-state index contributed by atoms with van der Waals surface area (Å²) in [4.78, 5) is 0. The molecule has 0 aliphatic heterocycles. The van der Waals surface area contributed by atoms with Crippen LogP contribution in [-0.2, 0) is 5.54 Å². The molecule has 3 rings (SSSR count). The van der Waals surface area contributed by atoms with E-state index in [0.717, 1.165) is 24.7 Å². The van der Waals surface area contributed by atoms with E-state index in [4.69, 9.17) is 5.73 Å². The van der Waals surface area contributed by atoms with Gasteiger partial charge in [0.25, 0.3) is 0 Å². The van der Waals surface area contributed by atoms with Gasteiger partial charge in [-0.3, -0.25) is 0 Å². The molecule has 0 spiro atoms. The Balaban J connectivity index is 2.05. The van der Waals surface area contributed by atoms with Crippen molar-refractivity contribution in [3.63, 3.8) is 0 Å². The predicted molar refractivity (Wildman–Crippen MR) is 79.9 cm³/mol. The van der Waals surface area contributed by atoms with Crippen molar-refractivity contribution in [2.24, 2.45) is 17.6 Å². The van der Waals surface area contributed by atoms with Crippen LogP contribution in [0.5, 0.6) is 0 Å². The Morgan fingerprint density at radius 3 is 2.83 bits per heavy atom. The molecule has 96 valence electrons. The van der Waals surface area contributed by atoms with Crippen molar-refractivity contribution in [2.45, 2.75) is 38.6 Å². The van der Waals surface area contributed by atoms with Gasteiger partial charge in [-0.1, -0.05) is 32.0 Å². The van der Waals surface area contributed by atoms with Crippen LogP contribution in [0.15, 0.2) is 29.6 Å². The van der Waals surface area contributed by atoms with Gasteiger partial charge in [0.05, 0.1) is 0 Å². The molecule has 1 fully saturated rings. The Morgan fingerprint density at radius 1 is 1.22 bits per heavy atom. The highest BCUT2D eigenvalue weighted by molar-refractivity contribution is 7.17. The van der Waals surface area contributed by atoms with E-state index in [9.17, 15) is 0 Å². The second-order valence-corrected chi connectivity index (χ2v) is 6.91. The van der Waals surface area contributed by atoms with Gasteiger partial charge in [-0.25, -0.2) is 0 Å². The Labute approximate surface area is 113 Å². The molecule has 2 aromatic rings. The maximum Gasteiger partial charge on any atom is 0.0426 e. The quantitative estimate of drug-likeness (QED) is 0.801. The van der Waals surface area contributed by atoms with E-state index < -0.39 is 0 Å². The number of hydrogen-bond donors (Lipinski definition) is 1. The fraction of sp³-hybridized carbons (Fsp3) is 0.500. The average molecular weight is 259 g/mol. The summed E-state index contributed by atoms with van der Waals surface area (Å²) in [6.07, 6.45) is 3.49. The molecule has 1 heterocycles. The molecule has 2 heteroatoms. The van der Waals surface area contributed by atoms with Gasteiger partial charge in [0.1, 0.15) is 0 Å². The molecule has 1 aliphatic rings. The fourth-order valence-electron chi connectivity index (χ4n) is 3.28. The Hall–Kier alpha value is -0.860. The van der Waals surface area contributed by atoms with Crippen molar-refractivity contribution in [3.05, 3.63) is 35.2 Å². The molecule has 0 bridgehead atoms. The highest BCUT2D eigenvalue weighted by Crippen LogP contribution is 2.43. The van der Waals surface area contributed by atoms with Crippen molar-refractivity contribution in [1.29, 1.82) is 0 Å². The number of rotatable bonds is 1. The minimum atomic E-state index is -0.115. The van der Waals surface area contributed by atoms with Gasteiger partial charge in [-0.15, -0.1) is 11.3 Å². The summed E-state index contributed by atoms with van der Waals surface area (Å²) in [6.45, 7) is 4.70.